The van der Waals surface area contributed by atoms with E-state index >= 15 is 0 Å². The van der Waals surface area contributed by atoms with E-state index in [1.54, 1.807) is 4.90 Å². The molecule has 184 valence electrons. The molecule has 0 spiro atoms. The molecule has 1 fully saturated rings. The molecule has 0 aromatic heterocycles. The average molecular weight is 463 g/mol. The summed E-state index contributed by atoms with van der Waals surface area (Å²) in [7, 11) is 0. The molecule has 1 saturated carbocycles. The minimum atomic E-state index is -0.471. The highest BCUT2D eigenvalue weighted by molar-refractivity contribution is 5.87. The predicted molar refractivity (Wildman–Crippen MR) is 140 cm³/mol. The molecule has 4 heteroatoms. The number of hydrogen-bond acceptors (Lipinski definition) is 2. The molecular weight excluding hydrogens is 420 g/mol. The van der Waals surface area contributed by atoms with E-state index in [0.29, 0.717) is 19.4 Å². The fourth-order valence-electron chi connectivity index (χ4n) is 4.71. The Morgan fingerprint density at radius 3 is 2.15 bits per heavy atom. The minimum absolute atomic E-state index is 0.0251. The van der Waals surface area contributed by atoms with Crippen molar-refractivity contribution in [2.45, 2.75) is 96.6 Å². The normalized spacial score (nSPS) is 15.5. The van der Waals surface area contributed by atoms with E-state index in [9.17, 15) is 9.59 Å². The molecule has 0 heterocycles. The summed E-state index contributed by atoms with van der Waals surface area (Å²) in [4.78, 5) is 28.2. The van der Waals surface area contributed by atoms with Crippen LogP contribution in [0.1, 0.15) is 82.9 Å². The number of carbonyl (C=O) groups is 2. The number of benzene rings is 2. The Morgan fingerprint density at radius 1 is 0.912 bits per heavy atom. The second-order valence-corrected chi connectivity index (χ2v) is 10.8. The third-order valence-electron chi connectivity index (χ3n) is 7.05. The minimum Gasteiger partial charge on any atom is -0.352 e. The molecule has 1 atom stereocenters. The van der Waals surface area contributed by atoms with E-state index in [4.69, 9.17) is 0 Å². The molecule has 0 aliphatic heterocycles. The molecule has 2 aromatic carbocycles. The van der Waals surface area contributed by atoms with Gasteiger partial charge in [-0.05, 0) is 54.7 Å². The van der Waals surface area contributed by atoms with Crippen LogP contribution in [-0.4, -0.2) is 35.3 Å². The maximum absolute atomic E-state index is 13.3. The maximum atomic E-state index is 13.3. The van der Waals surface area contributed by atoms with E-state index in [0.717, 1.165) is 24.8 Å². The van der Waals surface area contributed by atoms with E-state index in [2.05, 4.69) is 62.5 Å². The van der Waals surface area contributed by atoms with Gasteiger partial charge in [0.1, 0.15) is 6.04 Å². The lowest BCUT2D eigenvalue weighted by atomic mass is 9.86. The molecule has 2 aromatic rings. The van der Waals surface area contributed by atoms with Crippen molar-refractivity contribution in [1.29, 1.82) is 0 Å². The van der Waals surface area contributed by atoms with Crippen LogP contribution in [-0.2, 0) is 27.8 Å². The fraction of sp³-hybridized carbons (Fsp3) is 0.533. The van der Waals surface area contributed by atoms with Crippen LogP contribution in [0.25, 0.3) is 0 Å². The Labute approximate surface area is 206 Å². The summed E-state index contributed by atoms with van der Waals surface area (Å²) in [6.45, 7) is 9.03. The number of hydrogen-bond donors (Lipinski definition) is 1. The molecule has 34 heavy (non-hydrogen) atoms. The van der Waals surface area contributed by atoms with Crippen LogP contribution in [0.3, 0.4) is 0 Å². The monoisotopic (exact) mass is 462 g/mol. The van der Waals surface area contributed by atoms with E-state index in [-0.39, 0.29) is 23.3 Å². The van der Waals surface area contributed by atoms with Crippen molar-refractivity contribution in [2.75, 3.05) is 6.54 Å². The van der Waals surface area contributed by atoms with Gasteiger partial charge < -0.3 is 10.2 Å². The summed E-state index contributed by atoms with van der Waals surface area (Å²) < 4.78 is 0. The Hall–Kier alpha value is -2.62. The first-order valence-corrected chi connectivity index (χ1v) is 13.0. The van der Waals surface area contributed by atoms with Crippen molar-refractivity contribution in [3.63, 3.8) is 0 Å². The number of nitrogens with one attached hydrogen (secondary N) is 1. The van der Waals surface area contributed by atoms with E-state index in [1.807, 2.05) is 25.1 Å². The first kappa shape index (κ1) is 26.0. The average Bonchev–Trinajstić information content (AvgIpc) is 2.83. The molecule has 2 amide bonds. The van der Waals surface area contributed by atoms with Crippen LogP contribution in [0, 0.1) is 0 Å². The molecule has 1 N–H and O–H groups in total. The van der Waals surface area contributed by atoms with Gasteiger partial charge in [0.2, 0.25) is 11.8 Å². The van der Waals surface area contributed by atoms with Crippen LogP contribution in [0.5, 0.6) is 0 Å². The summed E-state index contributed by atoms with van der Waals surface area (Å²) in [6, 6.07) is 18.5. The van der Waals surface area contributed by atoms with Gasteiger partial charge in [-0.3, -0.25) is 9.59 Å². The third kappa shape index (κ3) is 7.72. The topological polar surface area (TPSA) is 49.4 Å². The Kier molecular flexibility index (Phi) is 9.32. The number of rotatable bonds is 9. The van der Waals surface area contributed by atoms with Crippen LogP contribution in [0.4, 0.5) is 0 Å². The van der Waals surface area contributed by atoms with Crippen LogP contribution in [0.15, 0.2) is 54.6 Å². The molecule has 0 unspecified atom stereocenters. The molecule has 4 nitrogen and oxygen atoms in total. The van der Waals surface area contributed by atoms with Gasteiger partial charge in [0.15, 0.2) is 0 Å². The summed E-state index contributed by atoms with van der Waals surface area (Å²) in [5.74, 6) is 0.0185. The predicted octanol–water partition coefficient (Wildman–Crippen LogP) is 5.83. The zero-order valence-electron chi connectivity index (χ0n) is 21.5. The summed E-state index contributed by atoms with van der Waals surface area (Å²) >= 11 is 0. The lowest BCUT2D eigenvalue weighted by Gasteiger charge is -2.31. The standard InChI is InChI=1S/C30H42N2O2/c1-23(29(34)31-27-13-9-6-10-14-27)32(22-21-24-11-7-5-8-12-24)28(33)20-17-25-15-18-26(19-16-25)30(2,3)4/h5,7-8,11-12,15-16,18-19,23,27H,6,9-10,13-14,17,20-22H2,1-4H3,(H,31,34)/t23-/m0/s1. The first-order chi connectivity index (χ1) is 16.2. The second-order valence-electron chi connectivity index (χ2n) is 10.8. The molecule has 0 bridgehead atoms. The Morgan fingerprint density at radius 2 is 1.53 bits per heavy atom. The van der Waals surface area contributed by atoms with Crippen molar-refractivity contribution < 1.29 is 9.59 Å². The van der Waals surface area contributed by atoms with Crippen molar-refractivity contribution >= 4 is 11.8 Å². The van der Waals surface area contributed by atoms with E-state index in [1.165, 1.54) is 30.4 Å². The third-order valence-corrected chi connectivity index (χ3v) is 7.05. The number of aryl methyl sites for hydroxylation is 1. The number of nitrogens with zero attached hydrogens (tertiary/aromatic N) is 1. The molecular formula is C30H42N2O2. The van der Waals surface area contributed by atoms with Crippen LogP contribution in [0.2, 0.25) is 0 Å². The highest BCUT2D eigenvalue weighted by Gasteiger charge is 2.27. The SMILES string of the molecule is C[C@@H](C(=O)NC1CCCCC1)N(CCc1ccccc1)C(=O)CCc1ccc(C(C)(C)C)cc1. The van der Waals surface area contributed by atoms with Gasteiger partial charge in [-0.15, -0.1) is 0 Å². The zero-order valence-corrected chi connectivity index (χ0v) is 21.5. The first-order valence-electron chi connectivity index (χ1n) is 13.0. The Bertz CT molecular complexity index is 909. The molecule has 1 aliphatic carbocycles. The highest BCUT2D eigenvalue weighted by Crippen LogP contribution is 2.23. The lowest BCUT2D eigenvalue weighted by Crippen LogP contribution is -2.51. The van der Waals surface area contributed by atoms with E-state index < -0.39 is 6.04 Å². The molecule has 0 radical (unpaired) electrons. The van der Waals surface area contributed by atoms with Crippen LogP contribution < -0.4 is 5.32 Å². The van der Waals surface area contributed by atoms with Crippen molar-refractivity contribution in [2.24, 2.45) is 0 Å². The highest BCUT2D eigenvalue weighted by atomic mass is 16.2. The van der Waals surface area contributed by atoms with Gasteiger partial charge in [-0.25, -0.2) is 0 Å². The maximum Gasteiger partial charge on any atom is 0.242 e. The van der Waals surface area contributed by atoms with Crippen molar-refractivity contribution in [3.8, 4) is 0 Å². The largest absolute Gasteiger partial charge is 0.352 e. The molecule has 1 aliphatic rings. The summed E-state index contributed by atoms with van der Waals surface area (Å²) in [5, 5.41) is 3.21. The Balaban J connectivity index is 1.64. The van der Waals surface area contributed by atoms with Gasteiger partial charge in [0, 0.05) is 19.0 Å². The smallest absolute Gasteiger partial charge is 0.242 e. The molecule has 0 saturated heterocycles. The van der Waals surface area contributed by atoms with Gasteiger partial charge in [-0.1, -0.05) is 94.6 Å². The summed E-state index contributed by atoms with van der Waals surface area (Å²) in [6.07, 6.45) is 7.51. The van der Waals surface area contributed by atoms with Crippen LogP contribution >= 0.6 is 0 Å². The van der Waals surface area contributed by atoms with Gasteiger partial charge in [0.25, 0.3) is 0 Å². The zero-order chi connectivity index (χ0) is 24.6. The number of carbonyl (C=O) groups excluding carboxylic acids is 2. The lowest BCUT2D eigenvalue weighted by molar-refractivity contribution is -0.140. The fourth-order valence-corrected chi connectivity index (χ4v) is 4.71. The van der Waals surface area contributed by atoms with Gasteiger partial charge in [-0.2, -0.15) is 0 Å². The molecule has 3 rings (SSSR count). The number of amides is 2. The van der Waals surface area contributed by atoms with Crippen molar-refractivity contribution in [1.82, 2.24) is 10.2 Å². The van der Waals surface area contributed by atoms with Crippen molar-refractivity contribution in [3.05, 3.63) is 71.3 Å². The van der Waals surface area contributed by atoms with Gasteiger partial charge >= 0.3 is 0 Å². The van der Waals surface area contributed by atoms with Gasteiger partial charge in [0.05, 0.1) is 0 Å². The second kappa shape index (κ2) is 12.2. The quantitative estimate of drug-likeness (QED) is 0.510. The summed E-state index contributed by atoms with van der Waals surface area (Å²) in [5.41, 5.74) is 3.74.